The first-order chi connectivity index (χ1) is 15.1. The number of hydrogen-bond donors (Lipinski definition) is 0. The van der Waals surface area contributed by atoms with Gasteiger partial charge < -0.3 is 23.5 Å². The highest BCUT2D eigenvalue weighted by Crippen LogP contribution is 2.38. The Bertz CT molecular complexity index is 1110. The molecule has 0 fully saturated rings. The Labute approximate surface area is 189 Å². The van der Waals surface area contributed by atoms with E-state index in [2.05, 4.69) is 15.8 Å². The zero-order valence-corrected chi connectivity index (χ0v) is 19.9. The number of aromatic nitrogens is 1. The van der Waals surface area contributed by atoms with Crippen LogP contribution in [-0.2, 0) is 6.54 Å². The van der Waals surface area contributed by atoms with Gasteiger partial charge in [0.1, 0.15) is 5.75 Å². The average Bonchev–Trinajstić information content (AvgIpc) is 3.12. The maximum Gasteiger partial charge on any atom is 0.279 e. The fourth-order valence-electron chi connectivity index (χ4n) is 3.15. The Kier molecular flexibility index (Phi) is 7.86. The lowest BCUT2D eigenvalue weighted by Crippen LogP contribution is -2.18. The van der Waals surface area contributed by atoms with E-state index in [9.17, 15) is 4.79 Å². The highest BCUT2D eigenvalue weighted by atomic mass is 32.2. The molecule has 9 heteroatoms. The number of aryl methyl sites for hydroxylation is 1. The molecular weight excluding hydrogens is 436 g/mol. The van der Waals surface area contributed by atoms with Crippen LogP contribution in [0, 0.1) is 0 Å². The molecule has 1 aromatic heterocycles. The van der Waals surface area contributed by atoms with E-state index in [0.717, 1.165) is 28.3 Å². The maximum absolute atomic E-state index is 13.1. The number of rotatable bonds is 9. The largest absolute Gasteiger partial charge is 0.494 e. The first-order valence-corrected chi connectivity index (χ1v) is 11.9. The van der Waals surface area contributed by atoms with Crippen LogP contribution in [0.5, 0.6) is 23.0 Å². The molecule has 0 bridgehead atoms. The van der Waals surface area contributed by atoms with Crippen molar-refractivity contribution in [1.29, 1.82) is 0 Å². The van der Waals surface area contributed by atoms with E-state index in [1.54, 1.807) is 23.9 Å². The van der Waals surface area contributed by atoms with Gasteiger partial charge in [0, 0.05) is 17.9 Å². The number of carbonyl (C=O) groups excluding carboxylic acids is 1. The molecule has 1 amide bonds. The van der Waals surface area contributed by atoms with E-state index < -0.39 is 0 Å². The van der Waals surface area contributed by atoms with Gasteiger partial charge in [0.2, 0.25) is 5.75 Å². The van der Waals surface area contributed by atoms with Crippen LogP contribution >= 0.6 is 23.1 Å². The van der Waals surface area contributed by atoms with Gasteiger partial charge in [-0.05, 0) is 43.5 Å². The summed E-state index contributed by atoms with van der Waals surface area (Å²) in [6.45, 7) is 3.30. The number of fused-ring (bicyclic) bond motifs is 1. The third-order valence-corrected chi connectivity index (χ3v) is 6.23. The second kappa shape index (κ2) is 10.6. The molecule has 0 aliphatic rings. The van der Waals surface area contributed by atoms with Crippen LogP contribution in [0.25, 0.3) is 10.2 Å². The standard InChI is InChI=1S/C22H26N2O5S2/c1-6-29-15-7-8-16-19(13-15)31-22(24(16)9-10-30-5)23-21(25)14-11-17(26-2)20(28-4)18(12-14)27-3/h7-8,11-13H,6,9-10H2,1-5H3. The third-order valence-electron chi connectivity index (χ3n) is 4.59. The molecule has 0 saturated carbocycles. The topological polar surface area (TPSA) is 71.3 Å². The molecule has 0 aliphatic heterocycles. The number of thiazole rings is 1. The maximum atomic E-state index is 13.1. The first-order valence-electron chi connectivity index (χ1n) is 9.70. The van der Waals surface area contributed by atoms with Crippen molar-refractivity contribution in [2.45, 2.75) is 13.5 Å². The molecule has 0 unspecified atom stereocenters. The summed E-state index contributed by atoms with van der Waals surface area (Å²) < 4.78 is 24.8. The molecular formula is C22H26N2O5S2. The predicted octanol–water partition coefficient (Wildman–Crippen LogP) is 4.23. The summed E-state index contributed by atoms with van der Waals surface area (Å²) in [6, 6.07) is 9.17. The van der Waals surface area contributed by atoms with Gasteiger partial charge in [0.05, 0.1) is 38.2 Å². The van der Waals surface area contributed by atoms with Gasteiger partial charge in [-0.2, -0.15) is 16.8 Å². The minimum atomic E-state index is -0.381. The van der Waals surface area contributed by atoms with Crippen LogP contribution in [0.2, 0.25) is 0 Å². The Hall–Kier alpha value is -2.65. The van der Waals surface area contributed by atoms with Gasteiger partial charge >= 0.3 is 0 Å². The fourth-order valence-corrected chi connectivity index (χ4v) is 4.60. The second-order valence-corrected chi connectivity index (χ2v) is 8.42. The molecule has 0 spiro atoms. The van der Waals surface area contributed by atoms with Crippen LogP contribution in [0.4, 0.5) is 0 Å². The van der Waals surface area contributed by atoms with Crippen LogP contribution in [-0.4, -0.2) is 50.4 Å². The lowest BCUT2D eigenvalue weighted by molar-refractivity contribution is 0.0997. The summed E-state index contributed by atoms with van der Waals surface area (Å²) in [4.78, 5) is 18.1. The molecule has 7 nitrogen and oxygen atoms in total. The number of hydrogen-bond acceptors (Lipinski definition) is 7. The molecule has 3 aromatic rings. The van der Waals surface area contributed by atoms with Gasteiger partial charge in [-0.3, -0.25) is 4.79 Å². The summed E-state index contributed by atoms with van der Waals surface area (Å²) >= 11 is 3.21. The van der Waals surface area contributed by atoms with Crippen LogP contribution in [0.3, 0.4) is 0 Å². The molecule has 0 atom stereocenters. The minimum Gasteiger partial charge on any atom is -0.494 e. The molecule has 1 heterocycles. The van der Waals surface area contributed by atoms with Crippen LogP contribution < -0.4 is 23.7 Å². The summed E-state index contributed by atoms with van der Waals surface area (Å²) in [5.74, 6) is 2.58. The molecule has 0 N–H and O–H groups in total. The number of methoxy groups -OCH3 is 3. The Balaban J connectivity index is 2.11. The summed E-state index contributed by atoms with van der Waals surface area (Å²) in [5, 5.41) is 0. The smallest absolute Gasteiger partial charge is 0.279 e. The third kappa shape index (κ3) is 4.99. The molecule has 0 saturated heterocycles. The number of nitrogens with zero attached hydrogens (tertiary/aromatic N) is 2. The normalized spacial score (nSPS) is 11.6. The molecule has 3 rings (SSSR count). The van der Waals surface area contributed by atoms with Crippen molar-refractivity contribution in [2.24, 2.45) is 4.99 Å². The Morgan fingerprint density at radius 1 is 1.10 bits per heavy atom. The van der Waals surface area contributed by atoms with Gasteiger partial charge in [-0.15, -0.1) is 0 Å². The van der Waals surface area contributed by atoms with E-state index in [0.29, 0.717) is 34.2 Å². The average molecular weight is 463 g/mol. The van der Waals surface area contributed by atoms with E-state index in [-0.39, 0.29) is 5.91 Å². The van der Waals surface area contributed by atoms with Crippen molar-refractivity contribution in [2.75, 3.05) is 39.9 Å². The zero-order chi connectivity index (χ0) is 22.4. The van der Waals surface area contributed by atoms with Gasteiger partial charge in [0.15, 0.2) is 16.3 Å². The van der Waals surface area contributed by atoms with E-state index >= 15 is 0 Å². The predicted molar refractivity (Wildman–Crippen MR) is 125 cm³/mol. The first kappa shape index (κ1) is 23.0. The molecule has 2 aromatic carbocycles. The highest BCUT2D eigenvalue weighted by Gasteiger charge is 2.17. The highest BCUT2D eigenvalue weighted by molar-refractivity contribution is 7.98. The van der Waals surface area contributed by atoms with Crippen molar-refractivity contribution >= 4 is 39.2 Å². The second-order valence-electron chi connectivity index (χ2n) is 6.42. The van der Waals surface area contributed by atoms with Crippen molar-refractivity contribution < 1.29 is 23.7 Å². The minimum absolute atomic E-state index is 0.360. The van der Waals surface area contributed by atoms with Crippen molar-refractivity contribution in [3.63, 3.8) is 0 Å². The zero-order valence-electron chi connectivity index (χ0n) is 18.3. The quantitative estimate of drug-likeness (QED) is 0.474. The molecule has 166 valence electrons. The van der Waals surface area contributed by atoms with Crippen molar-refractivity contribution in [3.05, 3.63) is 40.7 Å². The van der Waals surface area contributed by atoms with Gasteiger partial charge in [-0.25, -0.2) is 0 Å². The van der Waals surface area contributed by atoms with Crippen molar-refractivity contribution in [1.82, 2.24) is 4.57 Å². The van der Waals surface area contributed by atoms with Crippen LogP contribution in [0.1, 0.15) is 17.3 Å². The van der Waals surface area contributed by atoms with Crippen molar-refractivity contribution in [3.8, 4) is 23.0 Å². The number of benzene rings is 2. The lowest BCUT2D eigenvalue weighted by Gasteiger charge is -2.12. The number of ether oxygens (including phenoxy) is 4. The Morgan fingerprint density at radius 2 is 1.81 bits per heavy atom. The summed E-state index contributed by atoms with van der Waals surface area (Å²) in [5.41, 5.74) is 1.39. The van der Waals surface area contributed by atoms with Gasteiger partial charge in [0.25, 0.3) is 5.91 Å². The van der Waals surface area contributed by atoms with E-state index in [1.807, 2.05) is 25.1 Å². The van der Waals surface area contributed by atoms with Crippen LogP contribution in [0.15, 0.2) is 35.3 Å². The SMILES string of the molecule is CCOc1ccc2c(c1)sc(=NC(=O)c1cc(OC)c(OC)c(OC)c1)n2CCSC. The summed E-state index contributed by atoms with van der Waals surface area (Å²) in [7, 11) is 4.55. The molecule has 0 aliphatic carbocycles. The Morgan fingerprint density at radius 3 is 2.39 bits per heavy atom. The van der Waals surface area contributed by atoms with E-state index in [4.69, 9.17) is 18.9 Å². The summed E-state index contributed by atoms with van der Waals surface area (Å²) in [6.07, 6.45) is 2.06. The number of amides is 1. The lowest BCUT2D eigenvalue weighted by atomic mass is 10.1. The fraction of sp³-hybridized carbons (Fsp3) is 0.364. The van der Waals surface area contributed by atoms with E-state index in [1.165, 1.54) is 32.7 Å². The monoisotopic (exact) mass is 462 g/mol. The number of carbonyl (C=O) groups is 1. The number of thioether (sulfide) groups is 1. The molecule has 31 heavy (non-hydrogen) atoms. The van der Waals surface area contributed by atoms with Gasteiger partial charge in [-0.1, -0.05) is 11.3 Å². The molecule has 0 radical (unpaired) electrons.